The molecule has 3 aliphatic carbocycles. The van der Waals surface area contributed by atoms with Gasteiger partial charge in [0.1, 0.15) is 0 Å². The maximum absolute atomic E-state index is 3.71. The molecule has 0 spiro atoms. The van der Waals surface area contributed by atoms with Gasteiger partial charge in [-0.25, -0.2) is 0 Å². The summed E-state index contributed by atoms with van der Waals surface area (Å²) in [6.45, 7) is 4.53. The fourth-order valence-corrected chi connectivity index (χ4v) is 3.01. The number of nitrogens with one attached hydrogen (secondary N) is 1. The highest BCUT2D eigenvalue weighted by Gasteiger charge is 2.35. The summed E-state index contributed by atoms with van der Waals surface area (Å²) in [5.41, 5.74) is 0. The molecule has 70 valence electrons. The van der Waals surface area contributed by atoms with Gasteiger partial charge in [-0.15, -0.1) is 0 Å². The first-order valence-electron chi connectivity index (χ1n) is 5.51. The number of hydrogen-bond donors (Lipinski definition) is 1. The first-order valence-corrected chi connectivity index (χ1v) is 5.51. The van der Waals surface area contributed by atoms with Crippen LogP contribution in [0.25, 0.3) is 0 Å². The molecule has 0 aromatic carbocycles. The van der Waals surface area contributed by atoms with Crippen molar-refractivity contribution in [3.63, 3.8) is 0 Å². The van der Waals surface area contributed by atoms with Crippen LogP contribution in [0.5, 0.6) is 0 Å². The molecule has 0 aliphatic heterocycles. The van der Waals surface area contributed by atoms with Crippen molar-refractivity contribution in [2.45, 2.75) is 58.0 Å². The van der Waals surface area contributed by atoms with Gasteiger partial charge in [0.2, 0.25) is 0 Å². The largest absolute Gasteiger partial charge is 0.311 e. The molecule has 1 heteroatoms. The van der Waals surface area contributed by atoms with Gasteiger partial charge in [0.25, 0.3) is 0 Å². The van der Waals surface area contributed by atoms with Crippen LogP contribution < -0.4 is 5.32 Å². The topological polar surface area (TPSA) is 12.0 Å². The molecule has 0 heterocycles. The van der Waals surface area contributed by atoms with E-state index in [2.05, 4.69) is 19.2 Å². The first kappa shape index (κ1) is 8.55. The summed E-state index contributed by atoms with van der Waals surface area (Å²) >= 11 is 0. The maximum atomic E-state index is 3.71. The van der Waals surface area contributed by atoms with Gasteiger partial charge in [0.15, 0.2) is 0 Å². The van der Waals surface area contributed by atoms with Crippen LogP contribution in [0.4, 0.5) is 0 Å². The second-order valence-corrected chi connectivity index (χ2v) is 4.94. The summed E-state index contributed by atoms with van der Waals surface area (Å²) in [7, 11) is 0. The second-order valence-electron chi connectivity index (χ2n) is 4.94. The fourth-order valence-electron chi connectivity index (χ4n) is 3.01. The lowest BCUT2D eigenvalue weighted by Gasteiger charge is -2.43. The molecule has 3 aliphatic rings. The molecule has 0 radical (unpaired) electrons. The monoisotopic (exact) mass is 167 g/mol. The highest BCUT2D eigenvalue weighted by atomic mass is 15.0. The van der Waals surface area contributed by atoms with Crippen molar-refractivity contribution in [1.29, 1.82) is 0 Å². The SMILES string of the molecule is CC(C)NC1CC2CCC1CC2. The van der Waals surface area contributed by atoms with E-state index in [9.17, 15) is 0 Å². The Labute approximate surface area is 75.9 Å². The van der Waals surface area contributed by atoms with Gasteiger partial charge in [-0.2, -0.15) is 0 Å². The predicted molar refractivity (Wildman–Crippen MR) is 52.1 cm³/mol. The molecule has 12 heavy (non-hydrogen) atoms. The Bertz CT molecular complexity index is 143. The van der Waals surface area contributed by atoms with Crippen molar-refractivity contribution in [2.75, 3.05) is 0 Å². The Kier molecular flexibility index (Phi) is 2.40. The van der Waals surface area contributed by atoms with Crippen LogP contribution in [-0.4, -0.2) is 12.1 Å². The molecule has 2 bridgehead atoms. The summed E-state index contributed by atoms with van der Waals surface area (Å²) < 4.78 is 0. The zero-order chi connectivity index (χ0) is 8.55. The van der Waals surface area contributed by atoms with E-state index in [0.29, 0.717) is 6.04 Å². The van der Waals surface area contributed by atoms with Crippen molar-refractivity contribution in [1.82, 2.24) is 5.32 Å². The third-order valence-corrected chi connectivity index (χ3v) is 3.60. The molecule has 1 unspecified atom stereocenters. The molecular weight excluding hydrogens is 146 g/mol. The van der Waals surface area contributed by atoms with Gasteiger partial charge in [0, 0.05) is 12.1 Å². The smallest absolute Gasteiger partial charge is 0.0100 e. The fraction of sp³-hybridized carbons (Fsp3) is 1.00. The maximum Gasteiger partial charge on any atom is 0.0100 e. The summed E-state index contributed by atoms with van der Waals surface area (Å²) in [4.78, 5) is 0. The average Bonchev–Trinajstić information content (AvgIpc) is 2.05. The van der Waals surface area contributed by atoms with Gasteiger partial charge in [-0.05, 0) is 31.1 Å². The Hall–Kier alpha value is -0.0400. The molecule has 3 saturated carbocycles. The van der Waals surface area contributed by atoms with Crippen LogP contribution in [0, 0.1) is 11.8 Å². The predicted octanol–water partition coefficient (Wildman–Crippen LogP) is 2.56. The zero-order valence-electron chi connectivity index (χ0n) is 8.34. The normalized spacial score (nSPS) is 40.8. The van der Waals surface area contributed by atoms with E-state index < -0.39 is 0 Å². The van der Waals surface area contributed by atoms with Crippen molar-refractivity contribution < 1.29 is 0 Å². The van der Waals surface area contributed by atoms with Crippen molar-refractivity contribution >= 4 is 0 Å². The van der Waals surface area contributed by atoms with E-state index in [1.807, 2.05) is 0 Å². The lowest BCUT2D eigenvalue weighted by atomic mass is 9.68. The number of rotatable bonds is 2. The molecule has 1 atom stereocenters. The molecule has 3 fully saturated rings. The second kappa shape index (κ2) is 3.37. The van der Waals surface area contributed by atoms with Gasteiger partial charge >= 0.3 is 0 Å². The molecule has 0 aromatic rings. The summed E-state index contributed by atoms with van der Waals surface area (Å²) in [5, 5.41) is 3.71. The standard InChI is InChI=1S/C11H21N/c1-8(2)12-11-7-9-3-5-10(11)6-4-9/h8-12H,3-7H2,1-2H3. The van der Waals surface area contributed by atoms with E-state index >= 15 is 0 Å². The van der Waals surface area contributed by atoms with Crippen molar-refractivity contribution in [2.24, 2.45) is 11.8 Å². The molecule has 3 rings (SSSR count). The van der Waals surface area contributed by atoms with Crippen LogP contribution in [0.2, 0.25) is 0 Å². The minimum Gasteiger partial charge on any atom is -0.311 e. The van der Waals surface area contributed by atoms with E-state index in [4.69, 9.17) is 0 Å². The van der Waals surface area contributed by atoms with Crippen LogP contribution >= 0.6 is 0 Å². The quantitative estimate of drug-likeness (QED) is 0.666. The summed E-state index contributed by atoms with van der Waals surface area (Å²) in [6.07, 6.45) is 7.48. The third kappa shape index (κ3) is 1.66. The lowest BCUT2D eigenvalue weighted by molar-refractivity contribution is 0.119. The molecular formula is C11H21N. The van der Waals surface area contributed by atoms with Gasteiger partial charge < -0.3 is 5.32 Å². The zero-order valence-corrected chi connectivity index (χ0v) is 8.34. The molecule has 0 amide bonds. The minimum absolute atomic E-state index is 0.675. The van der Waals surface area contributed by atoms with Gasteiger partial charge in [0.05, 0.1) is 0 Å². The summed E-state index contributed by atoms with van der Waals surface area (Å²) in [6, 6.07) is 1.53. The van der Waals surface area contributed by atoms with Crippen LogP contribution in [0.15, 0.2) is 0 Å². The Balaban J connectivity index is 1.91. The molecule has 1 nitrogen and oxygen atoms in total. The number of fused-ring (bicyclic) bond motifs is 3. The molecule has 0 saturated heterocycles. The third-order valence-electron chi connectivity index (χ3n) is 3.60. The van der Waals surface area contributed by atoms with E-state index in [0.717, 1.165) is 17.9 Å². The Morgan fingerprint density at radius 2 is 1.75 bits per heavy atom. The van der Waals surface area contributed by atoms with E-state index in [1.54, 1.807) is 0 Å². The van der Waals surface area contributed by atoms with Gasteiger partial charge in [-0.1, -0.05) is 26.7 Å². The average molecular weight is 167 g/mol. The van der Waals surface area contributed by atoms with Crippen molar-refractivity contribution in [3.05, 3.63) is 0 Å². The first-order chi connectivity index (χ1) is 5.75. The van der Waals surface area contributed by atoms with E-state index in [-0.39, 0.29) is 0 Å². The van der Waals surface area contributed by atoms with Crippen LogP contribution in [0.1, 0.15) is 46.0 Å². The highest BCUT2D eigenvalue weighted by molar-refractivity contribution is 4.90. The van der Waals surface area contributed by atoms with Crippen LogP contribution in [0.3, 0.4) is 0 Å². The highest BCUT2D eigenvalue weighted by Crippen LogP contribution is 2.41. The Morgan fingerprint density at radius 1 is 1.08 bits per heavy atom. The minimum atomic E-state index is 0.675. The molecule has 0 aromatic heterocycles. The van der Waals surface area contributed by atoms with Crippen LogP contribution in [-0.2, 0) is 0 Å². The molecule has 1 N–H and O–H groups in total. The summed E-state index contributed by atoms with van der Waals surface area (Å²) in [5.74, 6) is 2.07. The lowest BCUT2D eigenvalue weighted by Crippen LogP contribution is -2.47. The van der Waals surface area contributed by atoms with Crippen molar-refractivity contribution in [3.8, 4) is 0 Å². The van der Waals surface area contributed by atoms with E-state index in [1.165, 1.54) is 32.1 Å². The number of hydrogen-bond acceptors (Lipinski definition) is 1. The Morgan fingerprint density at radius 3 is 2.17 bits per heavy atom. The van der Waals surface area contributed by atoms with Gasteiger partial charge in [-0.3, -0.25) is 0 Å².